The molecule has 32 heavy (non-hydrogen) atoms. The molecule has 2 aliphatic heterocycles. The fourth-order valence-electron chi connectivity index (χ4n) is 4.20. The number of benzene rings is 1. The van der Waals surface area contributed by atoms with Gasteiger partial charge in [0.15, 0.2) is 0 Å². The number of nitrogens with zero attached hydrogens (tertiary/aromatic N) is 1. The summed E-state index contributed by atoms with van der Waals surface area (Å²) in [5, 5.41) is 5.51. The number of carbonyl (C=O) groups excluding carboxylic acids is 5. The molecule has 0 radical (unpaired) electrons. The summed E-state index contributed by atoms with van der Waals surface area (Å²) < 4.78 is 0. The maximum absolute atomic E-state index is 13.1. The largest absolute Gasteiger partial charge is 0.384 e. The zero-order chi connectivity index (χ0) is 23.1. The molecule has 0 aliphatic carbocycles. The van der Waals surface area contributed by atoms with E-state index in [1.54, 1.807) is 18.2 Å². The zero-order valence-electron chi connectivity index (χ0n) is 18.2. The van der Waals surface area contributed by atoms with Crippen LogP contribution in [0, 0.1) is 0 Å². The summed E-state index contributed by atoms with van der Waals surface area (Å²) in [4.78, 5) is 61.8. The first-order valence-corrected chi connectivity index (χ1v) is 11.3. The predicted octanol–water partition coefficient (Wildman–Crippen LogP) is 2.11. The van der Waals surface area contributed by atoms with Crippen LogP contribution in [0.5, 0.6) is 0 Å². The van der Waals surface area contributed by atoms with Crippen LogP contribution in [0.3, 0.4) is 0 Å². The number of nitrogens with two attached hydrogens (primary N) is 1. The van der Waals surface area contributed by atoms with Crippen LogP contribution in [0.4, 0.5) is 5.69 Å². The second-order valence-corrected chi connectivity index (χ2v) is 8.29. The minimum atomic E-state index is -0.976. The molecule has 1 aromatic carbocycles. The number of anilines is 1. The highest BCUT2D eigenvalue weighted by Gasteiger charge is 2.44. The maximum atomic E-state index is 13.1. The van der Waals surface area contributed by atoms with Gasteiger partial charge in [-0.1, -0.05) is 31.7 Å². The van der Waals surface area contributed by atoms with Crippen molar-refractivity contribution in [3.63, 3.8) is 0 Å². The average molecular weight is 443 g/mol. The molecule has 0 aromatic heterocycles. The van der Waals surface area contributed by atoms with Gasteiger partial charge in [0.2, 0.25) is 17.7 Å². The minimum Gasteiger partial charge on any atom is -0.384 e. The van der Waals surface area contributed by atoms with Gasteiger partial charge in [-0.05, 0) is 37.8 Å². The van der Waals surface area contributed by atoms with E-state index < -0.39 is 23.8 Å². The standard InChI is InChI=1S/C23H30N4O5/c24-18(28)12-5-3-1-2-4-6-14-25-16-10-7-9-15-20(16)23(32)27(22(15)31)17-11-8-13-19(29)26-21(17)30/h7,9-10,17,25H,1-6,8,11-14H2,(H2,24,28)(H,26,29,30). The van der Waals surface area contributed by atoms with E-state index in [4.69, 9.17) is 5.73 Å². The molecule has 1 atom stereocenters. The lowest BCUT2D eigenvalue weighted by atomic mass is 10.1. The molecule has 172 valence electrons. The molecule has 1 aromatic rings. The van der Waals surface area contributed by atoms with Gasteiger partial charge in [-0.15, -0.1) is 0 Å². The summed E-state index contributed by atoms with van der Waals surface area (Å²) in [6.45, 7) is 0.650. The Morgan fingerprint density at radius 3 is 2.50 bits per heavy atom. The Labute approximate surface area is 187 Å². The number of unbranched alkanes of at least 4 members (excludes halogenated alkanes) is 5. The van der Waals surface area contributed by atoms with E-state index in [1.165, 1.54) is 0 Å². The van der Waals surface area contributed by atoms with Gasteiger partial charge in [-0.3, -0.25) is 34.2 Å². The van der Waals surface area contributed by atoms with E-state index in [9.17, 15) is 24.0 Å². The maximum Gasteiger partial charge on any atom is 0.264 e. The van der Waals surface area contributed by atoms with Gasteiger partial charge >= 0.3 is 0 Å². The van der Waals surface area contributed by atoms with Crippen LogP contribution in [0.1, 0.15) is 84.9 Å². The SMILES string of the molecule is NC(=O)CCCCCCCCNc1cccc2c1C(=O)N(C1CCCC(=O)NC1=O)C2=O. The normalized spacial score (nSPS) is 18.4. The quantitative estimate of drug-likeness (QED) is 0.354. The Morgan fingerprint density at radius 2 is 1.75 bits per heavy atom. The fraction of sp³-hybridized carbons (Fsp3) is 0.522. The van der Waals surface area contributed by atoms with E-state index >= 15 is 0 Å². The first-order chi connectivity index (χ1) is 15.4. The van der Waals surface area contributed by atoms with Gasteiger partial charge in [-0.25, -0.2) is 0 Å². The lowest BCUT2D eigenvalue weighted by Gasteiger charge is -2.23. The second kappa shape index (κ2) is 10.9. The Morgan fingerprint density at radius 1 is 1.03 bits per heavy atom. The van der Waals surface area contributed by atoms with Crippen molar-refractivity contribution in [1.82, 2.24) is 10.2 Å². The molecule has 4 N–H and O–H groups in total. The van der Waals surface area contributed by atoms with Gasteiger partial charge in [0, 0.05) is 25.1 Å². The molecule has 9 nitrogen and oxygen atoms in total. The highest BCUT2D eigenvalue weighted by molar-refractivity contribution is 6.25. The summed E-state index contributed by atoms with van der Waals surface area (Å²) in [5.41, 5.74) is 6.27. The topological polar surface area (TPSA) is 139 Å². The van der Waals surface area contributed by atoms with Gasteiger partial charge in [0.25, 0.3) is 11.8 Å². The summed E-state index contributed by atoms with van der Waals surface area (Å²) in [7, 11) is 0. The number of primary amides is 1. The summed E-state index contributed by atoms with van der Waals surface area (Å²) in [6, 6.07) is 4.09. The second-order valence-electron chi connectivity index (χ2n) is 8.29. The lowest BCUT2D eigenvalue weighted by Crippen LogP contribution is -2.49. The minimum absolute atomic E-state index is 0.198. The smallest absolute Gasteiger partial charge is 0.264 e. The predicted molar refractivity (Wildman–Crippen MR) is 118 cm³/mol. The Kier molecular flexibility index (Phi) is 7.97. The Hall–Kier alpha value is -3.23. The van der Waals surface area contributed by atoms with E-state index in [0.717, 1.165) is 43.4 Å². The number of fused-ring (bicyclic) bond motifs is 1. The Balaban J connectivity index is 1.55. The number of hydrogen-bond acceptors (Lipinski definition) is 6. The van der Waals surface area contributed by atoms with Crippen molar-refractivity contribution in [2.75, 3.05) is 11.9 Å². The highest BCUT2D eigenvalue weighted by Crippen LogP contribution is 2.32. The zero-order valence-corrected chi connectivity index (χ0v) is 18.2. The number of rotatable bonds is 11. The molecule has 1 saturated heterocycles. The molecule has 0 bridgehead atoms. The average Bonchev–Trinajstić information content (AvgIpc) is 2.88. The van der Waals surface area contributed by atoms with Crippen LogP contribution in [-0.2, 0) is 14.4 Å². The van der Waals surface area contributed by atoms with Crippen molar-refractivity contribution >= 4 is 35.2 Å². The van der Waals surface area contributed by atoms with Crippen LogP contribution in [0.25, 0.3) is 0 Å². The molecule has 5 amide bonds. The molecule has 2 heterocycles. The highest BCUT2D eigenvalue weighted by atomic mass is 16.2. The van der Waals surface area contributed by atoms with Gasteiger partial charge in [0.05, 0.1) is 11.1 Å². The molecular weight excluding hydrogens is 412 g/mol. The van der Waals surface area contributed by atoms with Gasteiger partial charge < -0.3 is 11.1 Å². The molecule has 3 rings (SSSR count). The third-order valence-electron chi connectivity index (χ3n) is 5.87. The van der Waals surface area contributed by atoms with Crippen molar-refractivity contribution in [2.24, 2.45) is 5.73 Å². The van der Waals surface area contributed by atoms with Gasteiger partial charge in [-0.2, -0.15) is 0 Å². The van der Waals surface area contributed by atoms with E-state index in [-0.39, 0.29) is 35.8 Å². The lowest BCUT2D eigenvalue weighted by molar-refractivity contribution is -0.131. The number of amides is 5. The number of hydrogen-bond donors (Lipinski definition) is 3. The van der Waals surface area contributed by atoms with Crippen LogP contribution < -0.4 is 16.4 Å². The third-order valence-corrected chi connectivity index (χ3v) is 5.87. The monoisotopic (exact) mass is 442 g/mol. The molecule has 9 heteroatoms. The molecule has 0 saturated carbocycles. The summed E-state index contributed by atoms with van der Waals surface area (Å²) in [5.74, 6) is -2.25. The van der Waals surface area contributed by atoms with Crippen molar-refractivity contribution in [2.45, 2.75) is 70.3 Å². The summed E-state index contributed by atoms with van der Waals surface area (Å²) in [6.07, 6.45) is 7.14. The van der Waals surface area contributed by atoms with E-state index in [2.05, 4.69) is 10.6 Å². The number of imide groups is 2. The molecule has 0 spiro atoms. The van der Waals surface area contributed by atoms with Crippen molar-refractivity contribution in [3.8, 4) is 0 Å². The van der Waals surface area contributed by atoms with E-state index in [0.29, 0.717) is 25.1 Å². The fourth-order valence-corrected chi connectivity index (χ4v) is 4.20. The third kappa shape index (κ3) is 5.52. The van der Waals surface area contributed by atoms with Crippen LogP contribution in [0.15, 0.2) is 18.2 Å². The van der Waals surface area contributed by atoms with Crippen LogP contribution in [-0.4, -0.2) is 47.0 Å². The van der Waals surface area contributed by atoms with Crippen LogP contribution in [0.2, 0.25) is 0 Å². The molecule has 1 unspecified atom stereocenters. The Bertz CT molecular complexity index is 914. The molecule has 2 aliphatic rings. The number of carbonyl (C=O) groups is 5. The first-order valence-electron chi connectivity index (χ1n) is 11.3. The van der Waals surface area contributed by atoms with Crippen LogP contribution >= 0.6 is 0 Å². The molecular formula is C23H30N4O5. The van der Waals surface area contributed by atoms with Gasteiger partial charge in [0.1, 0.15) is 6.04 Å². The van der Waals surface area contributed by atoms with Crippen molar-refractivity contribution in [1.29, 1.82) is 0 Å². The molecule has 1 fully saturated rings. The van der Waals surface area contributed by atoms with Crippen molar-refractivity contribution < 1.29 is 24.0 Å². The first kappa shape index (κ1) is 23.4. The van der Waals surface area contributed by atoms with Crippen molar-refractivity contribution in [3.05, 3.63) is 29.3 Å². The number of nitrogens with one attached hydrogen (secondary N) is 2. The summed E-state index contributed by atoms with van der Waals surface area (Å²) >= 11 is 0. The van der Waals surface area contributed by atoms with E-state index in [1.807, 2.05) is 0 Å².